The molecular weight excluding hydrogens is 172 g/mol. The van der Waals surface area contributed by atoms with Crippen molar-refractivity contribution in [1.29, 1.82) is 0 Å². The summed E-state index contributed by atoms with van der Waals surface area (Å²) >= 11 is 0. The molecular formula is C12H18N2. The van der Waals surface area contributed by atoms with Crippen molar-refractivity contribution in [3.63, 3.8) is 0 Å². The highest BCUT2D eigenvalue weighted by Gasteiger charge is 2.28. The number of benzene rings is 1. The summed E-state index contributed by atoms with van der Waals surface area (Å²) in [7, 11) is 0. The van der Waals surface area contributed by atoms with Crippen LogP contribution in [-0.4, -0.2) is 18.2 Å². The van der Waals surface area contributed by atoms with Crippen molar-refractivity contribution in [3.05, 3.63) is 35.9 Å². The first-order chi connectivity index (χ1) is 6.66. The molecule has 1 aliphatic heterocycles. The smallest absolute Gasteiger partial charge is 0.0632 e. The Morgan fingerprint density at radius 2 is 2.00 bits per heavy atom. The van der Waals surface area contributed by atoms with Crippen molar-refractivity contribution in [2.24, 2.45) is 0 Å². The largest absolute Gasteiger partial charge is 0.298 e. The minimum absolute atomic E-state index is 0.0967. The lowest BCUT2D eigenvalue weighted by molar-refractivity contribution is 0.392. The van der Waals surface area contributed by atoms with Gasteiger partial charge in [-0.1, -0.05) is 30.3 Å². The molecule has 1 atom stereocenters. The van der Waals surface area contributed by atoms with Gasteiger partial charge in [-0.2, -0.15) is 0 Å². The maximum Gasteiger partial charge on any atom is 0.0632 e. The Balaban J connectivity index is 1.94. The molecule has 0 spiro atoms. The van der Waals surface area contributed by atoms with E-state index < -0.39 is 0 Å². The summed E-state index contributed by atoms with van der Waals surface area (Å²) in [5.41, 5.74) is 1.50. The normalized spacial score (nSPS) is 25.1. The second-order valence-electron chi connectivity index (χ2n) is 4.54. The van der Waals surface area contributed by atoms with Crippen molar-refractivity contribution < 1.29 is 0 Å². The van der Waals surface area contributed by atoms with Gasteiger partial charge >= 0.3 is 0 Å². The van der Waals surface area contributed by atoms with E-state index >= 15 is 0 Å². The number of rotatable bonds is 2. The van der Waals surface area contributed by atoms with E-state index in [0.717, 1.165) is 13.0 Å². The summed E-state index contributed by atoms with van der Waals surface area (Å²) in [4.78, 5) is 0. The molecule has 0 saturated carbocycles. The Labute approximate surface area is 85.7 Å². The highest BCUT2D eigenvalue weighted by molar-refractivity contribution is 5.16. The predicted octanol–water partition coefficient (Wildman–Crippen LogP) is 1.53. The van der Waals surface area contributed by atoms with Crippen molar-refractivity contribution in [3.8, 4) is 0 Å². The topological polar surface area (TPSA) is 24.1 Å². The zero-order valence-electron chi connectivity index (χ0n) is 8.88. The van der Waals surface area contributed by atoms with Crippen LogP contribution < -0.4 is 10.6 Å². The third-order valence-electron chi connectivity index (χ3n) is 2.68. The van der Waals surface area contributed by atoms with Gasteiger partial charge in [0.1, 0.15) is 0 Å². The van der Waals surface area contributed by atoms with Crippen molar-refractivity contribution in [1.82, 2.24) is 10.6 Å². The van der Waals surface area contributed by atoms with Crippen molar-refractivity contribution >= 4 is 0 Å². The molecule has 1 saturated heterocycles. The lowest BCUT2D eigenvalue weighted by atomic mass is 10.1. The molecule has 2 heteroatoms. The summed E-state index contributed by atoms with van der Waals surface area (Å²) < 4.78 is 0. The molecule has 1 aromatic rings. The van der Waals surface area contributed by atoms with Crippen LogP contribution in [-0.2, 0) is 6.42 Å². The van der Waals surface area contributed by atoms with E-state index in [9.17, 15) is 0 Å². The number of nitrogens with one attached hydrogen (secondary N) is 2. The van der Waals surface area contributed by atoms with E-state index in [1.807, 2.05) is 0 Å². The van der Waals surface area contributed by atoms with Gasteiger partial charge in [-0.25, -0.2) is 0 Å². The Hall–Kier alpha value is -0.860. The third-order valence-corrected chi connectivity index (χ3v) is 2.68. The van der Waals surface area contributed by atoms with Crippen LogP contribution in [0.4, 0.5) is 0 Å². The molecule has 1 fully saturated rings. The van der Waals surface area contributed by atoms with Crippen LogP contribution in [0, 0.1) is 0 Å². The molecule has 2 nitrogen and oxygen atoms in total. The summed E-state index contributed by atoms with van der Waals surface area (Å²) in [6, 6.07) is 11.2. The Morgan fingerprint density at radius 1 is 1.29 bits per heavy atom. The monoisotopic (exact) mass is 190 g/mol. The molecule has 0 bridgehead atoms. The molecule has 76 valence electrons. The lowest BCUT2D eigenvalue weighted by Crippen LogP contribution is -2.44. The fourth-order valence-corrected chi connectivity index (χ4v) is 2.01. The minimum atomic E-state index is 0.0967. The molecule has 1 aliphatic rings. The van der Waals surface area contributed by atoms with E-state index in [0.29, 0.717) is 6.04 Å². The molecule has 0 aliphatic carbocycles. The van der Waals surface area contributed by atoms with Crippen LogP contribution >= 0.6 is 0 Å². The van der Waals surface area contributed by atoms with Gasteiger partial charge in [-0.05, 0) is 25.8 Å². The van der Waals surface area contributed by atoms with Gasteiger partial charge in [-0.15, -0.1) is 0 Å². The van der Waals surface area contributed by atoms with Crippen molar-refractivity contribution in [2.45, 2.75) is 32.0 Å². The summed E-state index contributed by atoms with van der Waals surface area (Å²) in [6.45, 7) is 5.41. The second-order valence-corrected chi connectivity index (χ2v) is 4.54. The highest BCUT2D eigenvalue weighted by Crippen LogP contribution is 2.11. The first-order valence-electron chi connectivity index (χ1n) is 5.22. The molecule has 1 aromatic carbocycles. The van der Waals surface area contributed by atoms with Gasteiger partial charge in [0, 0.05) is 12.6 Å². The van der Waals surface area contributed by atoms with Crippen LogP contribution in [0.3, 0.4) is 0 Å². The van der Waals surface area contributed by atoms with E-state index in [4.69, 9.17) is 0 Å². The zero-order valence-corrected chi connectivity index (χ0v) is 8.88. The second kappa shape index (κ2) is 3.71. The SMILES string of the molecule is CC1(C)NC[C@H](Cc2ccccc2)N1. The van der Waals surface area contributed by atoms with Gasteiger partial charge in [-0.3, -0.25) is 10.6 Å². The Morgan fingerprint density at radius 3 is 2.57 bits per heavy atom. The molecule has 2 N–H and O–H groups in total. The fourth-order valence-electron chi connectivity index (χ4n) is 2.01. The number of hydrogen-bond donors (Lipinski definition) is 2. The van der Waals surface area contributed by atoms with Gasteiger partial charge in [0.05, 0.1) is 5.66 Å². The predicted molar refractivity (Wildman–Crippen MR) is 59.2 cm³/mol. The third kappa shape index (κ3) is 2.34. The van der Waals surface area contributed by atoms with E-state index in [1.54, 1.807) is 0 Å². The summed E-state index contributed by atoms with van der Waals surface area (Å²) in [6.07, 6.45) is 1.11. The molecule has 1 heterocycles. The fraction of sp³-hybridized carbons (Fsp3) is 0.500. The average molecular weight is 190 g/mol. The summed E-state index contributed by atoms with van der Waals surface area (Å²) in [5, 5.41) is 7.02. The van der Waals surface area contributed by atoms with Crippen LogP contribution in [0.1, 0.15) is 19.4 Å². The molecule has 0 radical (unpaired) electrons. The van der Waals surface area contributed by atoms with E-state index in [2.05, 4.69) is 54.8 Å². The van der Waals surface area contributed by atoms with Crippen LogP contribution in [0.15, 0.2) is 30.3 Å². The maximum absolute atomic E-state index is 3.57. The molecule has 14 heavy (non-hydrogen) atoms. The summed E-state index contributed by atoms with van der Waals surface area (Å²) in [5.74, 6) is 0. The molecule has 2 rings (SSSR count). The average Bonchev–Trinajstić information content (AvgIpc) is 2.47. The van der Waals surface area contributed by atoms with Crippen LogP contribution in [0.5, 0.6) is 0 Å². The standard InChI is InChI=1S/C12H18N2/c1-12(2)13-9-11(14-12)8-10-6-4-3-5-7-10/h3-7,11,13-14H,8-9H2,1-2H3/t11-/m0/s1. The Kier molecular flexibility index (Phi) is 2.57. The van der Waals surface area contributed by atoms with Gasteiger partial charge in [0.15, 0.2) is 0 Å². The molecule has 0 unspecified atom stereocenters. The highest BCUT2D eigenvalue weighted by atomic mass is 15.3. The minimum Gasteiger partial charge on any atom is -0.298 e. The number of hydrogen-bond acceptors (Lipinski definition) is 2. The lowest BCUT2D eigenvalue weighted by Gasteiger charge is -2.19. The first kappa shape index (κ1) is 9.69. The van der Waals surface area contributed by atoms with E-state index in [1.165, 1.54) is 5.56 Å². The molecule has 0 amide bonds. The van der Waals surface area contributed by atoms with E-state index in [-0.39, 0.29) is 5.66 Å². The Bertz CT molecular complexity index is 292. The maximum atomic E-state index is 3.57. The molecule has 0 aromatic heterocycles. The first-order valence-corrected chi connectivity index (χ1v) is 5.22. The van der Waals surface area contributed by atoms with Crippen LogP contribution in [0.25, 0.3) is 0 Å². The van der Waals surface area contributed by atoms with Crippen LogP contribution in [0.2, 0.25) is 0 Å². The van der Waals surface area contributed by atoms with Gasteiger partial charge in [0.2, 0.25) is 0 Å². The van der Waals surface area contributed by atoms with Crippen molar-refractivity contribution in [2.75, 3.05) is 6.54 Å². The van der Waals surface area contributed by atoms with Gasteiger partial charge in [0.25, 0.3) is 0 Å². The zero-order chi connectivity index (χ0) is 10.0. The van der Waals surface area contributed by atoms with Gasteiger partial charge < -0.3 is 0 Å². The quantitative estimate of drug-likeness (QED) is 0.739.